The molecule has 0 aromatic rings. The van der Waals surface area contributed by atoms with E-state index in [0.717, 1.165) is 13.0 Å². The molecule has 0 bridgehead atoms. The Bertz CT molecular complexity index is 437. The minimum atomic E-state index is -5.84. The third-order valence-electron chi connectivity index (χ3n) is 1.62. The molecule has 1 heterocycles. The lowest BCUT2D eigenvalue weighted by atomic mass is 10.1. The lowest BCUT2D eigenvalue weighted by Gasteiger charge is -2.25. The summed E-state index contributed by atoms with van der Waals surface area (Å²) in [5.74, 6) is -0.368. The predicted molar refractivity (Wildman–Crippen MR) is 48.9 cm³/mol. The molecule has 1 atom stereocenters. The molecule has 2 N–H and O–H groups in total. The molecule has 0 aromatic carbocycles. The predicted octanol–water partition coefficient (Wildman–Crippen LogP) is 0.0416. The molecule has 0 radical (unpaired) electrons. The van der Waals surface area contributed by atoms with E-state index in [-0.39, 0.29) is 11.8 Å². The SMILES string of the molecule is O=S(=O)(F)CC1CCN1.O=S(=O)(O)C(F)(F)F. The zero-order valence-corrected chi connectivity index (χ0v) is 9.74. The van der Waals surface area contributed by atoms with Gasteiger partial charge in [0, 0.05) is 6.04 Å². The molecule has 1 fully saturated rings. The molecule has 17 heavy (non-hydrogen) atoms. The molecule has 0 spiro atoms. The van der Waals surface area contributed by atoms with Gasteiger partial charge in [-0.2, -0.15) is 30.0 Å². The molecule has 0 saturated carbocycles. The van der Waals surface area contributed by atoms with E-state index in [1.54, 1.807) is 0 Å². The van der Waals surface area contributed by atoms with Crippen molar-refractivity contribution < 1.29 is 38.4 Å². The van der Waals surface area contributed by atoms with Crippen molar-refractivity contribution in [1.29, 1.82) is 0 Å². The Balaban J connectivity index is 0.000000304. The molecule has 0 aromatic heterocycles. The molecule has 1 aliphatic rings. The van der Waals surface area contributed by atoms with Crippen LogP contribution in [0.5, 0.6) is 0 Å². The van der Waals surface area contributed by atoms with Gasteiger partial charge in [-0.1, -0.05) is 0 Å². The van der Waals surface area contributed by atoms with Crippen LogP contribution in [0.15, 0.2) is 0 Å². The minimum absolute atomic E-state index is 0.139. The van der Waals surface area contributed by atoms with Crippen molar-refractivity contribution in [1.82, 2.24) is 5.32 Å². The molecule has 0 aliphatic carbocycles. The van der Waals surface area contributed by atoms with Gasteiger partial charge in [0.25, 0.3) is 0 Å². The monoisotopic (exact) mass is 303 g/mol. The summed E-state index contributed by atoms with van der Waals surface area (Å²) in [5, 5.41) is 2.78. The van der Waals surface area contributed by atoms with Gasteiger partial charge in [-0.15, -0.1) is 3.89 Å². The van der Waals surface area contributed by atoms with Gasteiger partial charge >= 0.3 is 25.8 Å². The number of alkyl halides is 3. The van der Waals surface area contributed by atoms with E-state index in [0.29, 0.717) is 0 Å². The second-order valence-corrected chi connectivity index (χ2v) is 5.89. The molecular formula is C5H9F4NO5S2. The molecular weight excluding hydrogens is 294 g/mol. The summed E-state index contributed by atoms with van der Waals surface area (Å²) in [6.07, 6.45) is 0.767. The van der Waals surface area contributed by atoms with Gasteiger partial charge in [0.1, 0.15) is 0 Å². The maximum absolute atomic E-state index is 11.8. The van der Waals surface area contributed by atoms with Crippen LogP contribution in [0, 0.1) is 0 Å². The van der Waals surface area contributed by atoms with E-state index in [9.17, 15) is 25.5 Å². The first-order valence-electron chi connectivity index (χ1n) is 4.02. The molecule has 6 nitrogen and oxygen atoms in total. The van der Waals surface area contributed by atoms with E-state index in [1.807, 2.05) is 0 Å². The minimum Gasteiger partial charge on any atom is -0.313 e. The highest BCUT2D eigenvalue weighted by Crippen LogP contribution is 2.20. The second kappa shape index (κ2) is 5.46. The van der Waals surface area contributed by atoms with Crippen LogP contribution in [0.1, 0.15) is 6.42 Å². The van der Waals surface area contributed by atoms with Crippen LogP contribution in [0.2, 0.25) is 0 Å². The lowest BCUT2D eigenvalue weighted by molar-refractivity contribution is -0.0510. The molecule has 1 aliphatic heterocycles. The van der Waals surface area contributed by atoms with Gasteiger partial charge < -0.3 is 5.32 Å². The highest BCUT2D eigenvalue weighted by molar-refractivity contribution is 7.86. The lowest BCUT2D eigenvalue weighted by Crippen LogP contribution is -2.46. The van der Waals surface area contributed by atoms with Crippen molar-refractivity contribution >= 4 is 20.3 Å². The number of nitrogens with one attached hydrogen (secondary N) is 1. The zero-order chi connectivity index (χ0) is 13.9. The summed E-state index contributed by atoms with van der Waals surface area (Å²) in [6, 6.07) is -0.139. The Kier molecular flexibility index (Phi) is 5.31. The van der Waals surface area contributed by atoms with Gasteiger partial charge in [-0.25, -0.2) is 0 Å². The number of hydrogen-bond acceptors (Lipinski definition) is 5. The number of halogens is 4. The van der Waals surface area contributed by atoms with Gasteiger partial charge in [0.15, 0.2) is 0 Å². The van der Waals surface area contributed by atoms with Crippen LogP contribution >= 0.6 is 0 Å². The van der Waals surface area contributed by atoms with E-state index >= 15 is 0 Å². The maximum Gasteiger partial charge on any atom is 0.522 e. The van der Waals surface area contributed by atoms with Crippen molar-refractivity contribution in [3.63, 3.8) is 0 Å². The van der Waals surface area contributed by atoms with Crippen molar-refractivity contribution in [2.24, 2.45) is 0 Å². The van der Waals surface area contributed by atoms with Crippen molar-refractivity contribution in [2.45, 2.75) is 18.0 Å². The molecule has 104 valence electrons. The smallest absolute Gasteiger partial charge is 0.313 e. The normalized spacial score (nSPS) is 21.1. The third-order valence-corrected chi connectivity index (χ3v) is 3.00. The average molecular weight is 303 g/mol. The van der Waals surface area contributed by atoms with Crippen LogP contribution in [0.25, 0.3) is 0 Å². The summed E-state index contributed by atoms with van der Waals surface area (Å²) in [5.41, 5.74) is -5.53. The van der Waals surface area contributed by atoms with Gasteiger partial charge in [-0.05, 0) is 13.0 Å². The largest absolute Gasteiger partial charge is 0.522 e. The molecule has 1 rings (SSSR count). The third kappa shape index (κ3) is 7.46. The maximum atomic E-state index is 11.8. The van der Waals surface area contributed by atoms with Gasteiger partial charge in [0.2, 0.25) is 0 Å². The van der Waals surface area contributed by atoms with Crippen LogP contribution in [0.3, 0.4) is 0 Å². The highest BCUT2D eigenvalue weighted by atomic mass is 32.3. The first-order chi connectivity index (χ1) is 7.33. The van der Waals surface area contributed by atoms with Crippen molar-refractivity contribution in [3.05, 3.63) is 0 Å². The van der Waals surface area contributed by atoms with E-state index < -0.39 is 25.8 Å². The van der Waals surface area contributed by atoms with Crippen LogP contribution < -0.4 is 5.32 Å². The van der Waals surface area contributed by atoms with Crippen molar-refractivity contribution in [2.75, 3.05) is 12.3 Å². The first kappa shape index (κ1) is 16.5. The van der Waals surface area contributed by atoms with E-state index in [4.69, 9.17) is 13.0 Å². The topological polar surface area (TPSA) is 101 Å². The van der Waals surface area contributed by atoms with E-state index in [1.165, 1.54) is 0 Å². The molecule has 12 heteroatoms. The van der Waals surface area contributed by atoms with Crippen LogP contribution in [-0.4, -0.2) is 45.2 Å². The zero-order valence-electron chi connectivity index (χ0n) is 8.11. The molecule has 1 saturated heterocycles. The summed E-state index contributed by atoms with van der Waals surface area (Å²) in [6.45, 7) is 0.806. The van der Waals surface area contributed by atoms with Gasteiger partial charge in [0.05, 0.1) is 5.75 Å². The fourth-order valence-corrected chi connectivity index (χ4v) is 1.50. The van der Waals surface area contributed by atoms with Crippen LogP contribution in [-0.2, 0) is 20.3 Å². The van der Waals surface area contributed by atoms with E-state index in [2.05, 4.69) is 5.32 Å². The standard InChI is InChI=1S/C4H8FNO2S.CHF3O3S/c5-9(7,8)3-4-1-2-6-4;2-1(3,4)8(5,6)7/h4,6H,1-3H2;(H,5,6,7). The number of hydrogen-bond donors (Lipinski definition) is 2. The Morgan fingerprint density at radius 3 is 1.65 bits per heavy atom. The Hall–Kier alpha value is -0.460. The second-order valence-electron chi connectivity index (χ2n) is 3.07. The summed E-state index contributed by atoms with van der Waals surface area (Å²) in [7, 11) is -10.1. The number of rotatable bonds is 2. The fourth-order valence-electron chi connectivity index (χ4n) is 0.731. The summed E-state index contributed by atoms with van der Waals surface area (Å²) < 4.78 is 89.2. The Labute approximate surface area is 95.0 Å². The summed E-state index contributed by atoms with van der Waals surface area (Å²) >= 11 is 0. The Morgan fingerprint density at radius 1 is 1.24 bits per heavy atom. The molecule has 0 amide bonds. The van der Waals surface area contributed by atoms with Gasteiger partial charge in [-0.3, -0.25) is 4.55 Å². The Morgan fingerprint density at radius 2 is 1.59 bits per heavy atom. The summed E-state index contributed by atoms with van der Waals surface area (Å²) in [4.78, 5) is 0. The van der Waals surface area contributed by atoms with Crippen LogP contribution in [0.4, 0.5) is 17.1 Å². The van der Waals surface area contributed by atoms with Crippen molar-refractivity contribution in [3.8, 4) is 0 Å². The molecule has 1 unspecified atom stereocenters. The highest BCUT2D eigenvalue weighted by Gasteiger charge is 2.44. The average Bonchev–Trinajstić information content (AvgIpc) is 1.92. The first-order valence-corrected chi connectivity index (χ1v) is 7.01. The fraction of sp³-hybridized carbons (Fsp3) is 1.00. The quantitative estimate of drug-likeness (QED) is 0.323.